The lowest BCUT2D eigenvalue weighted by Gasteiger charge is -2.21. The monoisotopic (exact) mass is 287 g/mol. The van der Waals surface area contributed by atoms with Gasteiger partial charge in [0.15, 0.2) is 6.04 Å². The molecule has 0 aromatic carbocycles. The van der Waals surface area contributed by atoms with Crippen LogP contribution in [0.4, 0.5) is 0 Å². The Labute approximate surface area is 117 Å². The molecule has 0 radical (unpaired) electrons. The Bertz CT molecular complexity index is 399. The fraction of sp³-hybridized carbons (Fsp3) is 0.750. The lowest BCUT2D eigenvalue weighted by Crippen LogP contribution is -2.52. The van der Waals surface area contributed by atoms with Crippen molar-refractivity contribution in [2.45, 2.75) is 38.4 Å². The van der Waals surface area contributed by atoms with Crippen LogP contribution < -0.4 is 11.1 Å². The molecule has 1 aliphatic rings. The van der Waals surface area contributed by atoms with Crippen molar-refractivity contribution in [3.63, 3.8) is 0 Å². The first-order valence-electron chi connectivity index (χ1n) is 6.50. The molecule has 0 saturated heterocycles. The molecule has 4 atom stereocenters. The van der Waals surface area contributed by atoms with Gasteiger partial charge in [0.25, 0.3) is 0 Å². The number of aliphatic imine (C=N–C) groups is 1. The molecule has 5 N–H and O–H groups in total. The molecule has 0 aromatic rings. The normalized spacial score (nSPS) is 22.4. The number of amides is 1. The van der Waals surface area contributed by atoms with Gasteiger partial charge in [0.2, 0.25) is 11.8 Å². The van der Waals surface area contributed by atoms with Crippen molar-refractivity contribution in [3.05, 3.63) is 0 Å². The van der Waals surface area contributed by atoms with Gasteiger partial charge in [-0.3, -0.25) is 4.79 Å². The number of carboxylic acid groups (broad SMARTS) is 1. The molecular weight excluding hydrogens is 266 g/mol. The summed E-state index contributed by atoms with van der Waals surface area (Å²) in [6.45, 7) is 3.23. The van der Waals surface area contributed by atoms with Crippen LogP contribution in [-0.2, 0) is 14.3 Å². The van der Waals surface area contributed by atoms with E-state index >= 15 is 0 Å². The summed E-state index contributed by atoms with van der Waals surface area (Å²) in [4.78, 5) is 26.5. The Morgan fingerprint density at radius 2 is 2.25 bits per heavy atom. The van der Waals surface area contributed by atoms with E-state index in [-0.39, 0.29) is 18.4 Å². The largest absolute Gasteiger partial charge is 0.480 e. The highest BCUT2D eigenvalue weighted by Gasteiger charge is 2.31. The number of carbonyl (C=O) groups excluding carboxylic acids is 1. The minimum Gasteiger partial charge on any atom is -0.480 e. The van der Waals surface area contributed by atoms with Gasteiger partial charge < -0.3 is 26.0 Å². The third-order valence-corrected chi connectivity index (χ3v) is 3.31. The molecule has 0 fully saturated rings. The van der Waals surface area contributed by atoms with Crippen LogP contribution in [0, 0.1) is 5.92 Å². The lowest BCUT2D eigenvalue weighted by molar-refractivity contribution is -0.138. The van der Waals surface area contributed by atoms with E-state index in [1.807, 2.05) is 13.8 Å². The SMILES string of the molecule is CCC(C)C(N)C(=O)NC(CO)C1=NC(C(=O)O)CO1. The van der Waals surface area contributed by atoms with Crippen LogP contribution in [0.1, 0.15) is 20.3 Å². The second-order valence-electron chi connectivity index (χ2n) is 4.79. The smallest absolute Gasteiger partial charge is 0.332 e. The predicted molar refractivity (Wildman–Crippen MR) is 71.3 cm³/mol. The van der Waals surface area contributed by atoms with Gasteiger partial charge in [0.05, 0.1) is 12.6 Å². The summed E-state index contributed by atoms with van der Waals surface area (Å²) in [7, 11) is 0. The second-order valence-corrected chi connectivity index (χ2v) is 4.79. The summed E-state index contributed by atoms with van der Waals surface area (Å²) >= 11 is 0. The van der Waals surface area contributed by atoms with Gasteiger partial charge in [-0.2, -0.15) is 0 Å². The molecule has 0 aliphatic carbocycles. The van der Waals surface area contributed by atoms with Crippen molar-refractivity contribution in [3.8, 4) is 0 Å². The number of aliphatic hydroxyl groups is 1. The Hall–Kier alpha value is -1.67. The zero-order valence-corrected chi connectivity index (χ0v) is 11.6. The van der Waals surface area contributed by atoms with Gasteiger partial charge in [0, 0.05) is 0 Å². The first kappa shape index (κ1) is 16.4. The standard InChI is InChI=1S/C12H21N3O5/c1-3-6(2)9(13)10(17)14-7(4-16)11-15-8(5-20-11)12(18)19/h6-9,16H,3-5,13H2,1-2H3,(H,14,17)(H,18,19). The quantitative estimate of drug-likeness (QED) is 0.460. The lowest BCUT2D eigenvalue weighted by atomic mass is 9.99. The van der Waals surface area contributed by atoms with Crippen LogP contribution in [0.15, 0.2) is 4.99 Å². The molecule has 0 bridgehead atoms. The zero-order chi connectivity index (χ0) is 15.3. The minimum absolute atomic E-state index is 0.00690. The molecule has 0 saturated carbocycles. The van der Waals surface area contributed by atoms with Gasteiger partial charge in [-0.25, -0.2) is 9.79 Å². The van der Waals surface area contributed by atoms with E-state index in [0.29, 0.717) is 0 Å². The van der Waals surface area contributed by atoms with Crippen LogP contribution in [0.25, 0.3) is 0 Å². The minimum atomic E-state index is -1.11. The van der Waals surface area contributed by atoms with Crippen LogP contribution in [0.2, 0.25) is 0 Å². The maximum Gasteiger partial charge on any atom is 0.332 e. The number of carbonyl (C=O) groups is 2. The van der Waals surface area contributed by atoms with Crippen molar-refractivity contribution in [2.75, 3.05) is 13.2 Å². The number of ether oxygens (including phenoxy) is 1. The maximum absolute atomic E-state index is 11.9. The molecule has 0 aromatic heterocycles. The van der Waals surface area contributed by atoms with Crippen LogP contribution >= 0.6 is 0 Å². The van der Waals surface area contributed by atoms with E-state index in [1.54, 1.807) is 0 Å². The van der Waals surface area contributed by atoms with E-state index in [4.69, 9.17) is 15.6 Å². The van der Waals surface area contributed by atoms with Crippen LogP contribution in [-0.4, -0.2) is 59.3 Å². The van der Waals surface area contributed by atoms with Crippen molar-refractivity contribution in [1.29, 1.82) is 0 Å². The van der Waals surface area contributed by atoms with Crippen molar-refractivity contribution < 1.29 is 24.5 Å². The van der Waals surface area contributed by atoms with Gasteiger partial charge in [-0.05, 0) is 5.92 Å². The van der Waals surface area contributed by atoms with Crippen molar-refractivity contribution >= 4 is 17.8 Å². The highest BCUT2D eigenvalue weighted by molar-refractivity contribution is 5.92. The van der Waals surface area contributed by atoms with Gasteiger partial charge in [0.1, 0.15) is 12.6 Å². The average molecular weight is 287 g/mol. The molecule has 8 heteroatoms. The number of hydrogen-bond donors (Lipinski definition) is 4. The molecule has 1 heterocycles. The van der Waals surface area contributed by atoms with Gasteiger partial charge in [-0.1, -0.05) is 20.3 Å². The molecule has 1 rings (SSSR count). The average Bonchev–Trinajstić information content (AvgIpc) is 2.92. The highest BCUT2D eigenvalue weighted by Crippen LogP contribution is 2.09. The fourth-order valence-corrected chi connectivity index (χ4v) is 1.68. The molecule has 20 heavy (non-hydrogen) atoms. The molecule has 114 valence electrons. The number of nitrogens with zero attached hydrogens (tertiary/aromatic N) is 1. The third kappa shape index (κ3) is 3.91. The molecule has 1 aliphatic heterocycles. The van der Waals surface area contributed by atoms with E-state index in [0.717, 1.165) is 6.42 Å². The van der Waals surface area contributed by atoms with Crippen molar-refractivity contribution in [2.24, 2.45) is 16.6 Å². The number of hydrogen-bond acceptors (Lipinski definition) is 6. The third-order valence-electron chi connectivity index (χ3n) is 3.31. The summed E-state index contributed by atoms with van der Waals surface area (Å²) in [6, 6.07) is -2.58. The number of aliphatic hydroxyl groups excluding tert-OH is 1. The predicted octanol–water partition coefficient (Wildman–Crippen LogP) is -1.28. The van der Waals surface area contributed by atoms with Gasteiger partial charge in [-0.15, -0.1) is 0 Å². The van der Waals surface area contributed by atoms with E-state index in [9.17, 15) is 14.7 Å². The first-order chi connectivity index (χ1) is 9.40. The summed E-state index contributed by atoms with van der Waals surface area (Å²) in [5.74, 6) is -1.53. The van der Waals surface area contributed by atoms with Crippen LogP contribution in [0.3, 0.4) is 0 Å². The number of aliphatic carboxylic acids is 1. The number of carboxylic acids is 1. The number of nitrogens with one attached hydrogen (secondary N) is 1. The zero-order valence-electron chi connectivity index (χ0n) is 11.6. The highest BCUT2D eigenvalue weighted by atomic mass is 16.5. The van der Waals surface area contributed by atoms with E-state index < -0.39 is 36.6 Å². The molecule has 0 spiro atoms. The summed E-state index contributed by atoms with van der Waals surface area (Å²) in [5.41, 5.74) is 5.78. The molecule has 4 unspecified atom stereocenters. The molecular formula is C12H21N3O5. The summed E-state index contributed by atoms with van der Waals surface area (Å²) in [5, 5.41) is 20.6. The topological polar surface area (TPSA) is 134 Å². The van der Waals surface area contributed by atoms with E-state index in [1.165, 1.54) is 0 Å². The Morgan fingerprint density at radius 3 is 2.70 bits per heavy atom. The molecule has 8 nitrogen and oxygen atoms in total. The number of rotatable bonds is 7. The maximum atomic E-state index is 11.9. The Balaban J connectivity index is 2.66. The Morgan fingerprint density at radius 1 is 1.60 bits per heavy atom. The molecule has 1 amide bonds. The second kappa shape index (κ2) is 7.20. The van der Waals surface area contributed by atoms with Crippen LogP contribution in [0.5, 0.6) is 0 Å². The summed E-state index contributed by atoms with van der Waals surface area (Å²) in [6.07, 6.45) is 0.747. The van der Waals surface area contributed by atoms with E-state index in [2.05, 4.69) is 10.3 Å². The fourth-order valence-electron chi connectivity index (χ4n) is 1.68. The summed E-state index contributed by atoms with van der Waals surface area (Å²) < 4.78 is 5.10. The van der Waals surface area contributed by atoms with Gasteiger partial charge >= 0.3 is 5.97 Å². The van der Waals surface area contributed by atoms with Crippen molar-refractivity contribution in [1.82, 2.24) is 5.32 Å². The number of nitrogens with two attached hydrogens (primary N) is 1. The Kier molecular flexibility index (Phi) is 5.90. The first-order valence-corrected chi connectivity index (χ1v) is 6.50.